The van der Waals surface area contributed by atoms with Crippen LogP contribution in [0.1, 0.15) is 66.2 Å². The summed E-state index contributed by atoms with van der Waals surface area (Å²) in [6.45, 7) is 7.26. The number of hydrogen-bond donors (Lipinski definition) is 1. The van der Waals surface area contributed by atoms with Crippen LogP contribution in [0, 0.1) is 5.92 Å². The number of hydrogen-bond acceptors (Lipinski definition) is 4. The molecule has 5 nitrogen and oxygen atoms in total. The average Bonchev–Trinajstić information content (AvgIpc) is 2.59. The molecular weight excluding hydrogens is 280 g/mol. The van der Waals surface area contributed by atoms with Gasteiger partial charge in [-0.15, -0.1) is 0 Å². The first-order valence-corrected chi connectivity index (χ1v) is 8.51. The molecule has 0 spiro atoms. The lowest BCUT2D eigenvalue weighted by molar-refractivity contribution is -0.164. The molecule has 1 saturated heterocycles. The molecule has 22 heavy (non-hydrogen) atoms. The van der Waals surface area contributed by atoms with Crippen molar-refractivity contribution < 1.29 is 14.3 Å². The fraction of sp³-hybridized carbons (Fsp3) is 0.882. The molecule has 0 aromatic heterocycles. The lowest BCUT2D eigenvalue weighted by Gasteiger charge is -2.33. The first-order valence-electron chi connectivity index (χ1n) is 8.51. The van der Waals surface area contributed by atoms with E-state index in [4.69, 9.17) is 10.5 Å². The van der Waals surface area contributed by atoms with Crippen LogP contribution in [0.2, 0.25) is 0 Å². The number of nitrogens with zero attached hydrogens (tertiary/aromatic N) is 1. The molecule has 1 heterocycles. The van der Waals surface area contributed by atoms with Crippen molar-refractivity contribution in [1.29, 1.82) is 0 Å². The molecule has 0 radical (unpaired) electrons. The molecule has 0 unspecified atom stereocenters. The number of nitrogens with two attached hydrogens (primary N) is 1. The zero-order chi connectivity index (χ0) is 16.5. The standard InChI is InChI=1S/C17H30N2O3/c1-11(18)15(20)19-13-9-7-5-6-8-12(13)10-14(19)16(21)22-17(2,3)4/h11-14H,5-10,18H2,1-4H3/t11-,12+,13-,14-/m0/s1. The second-order valence-electron chi connectivity index (χ2n) is 7.78. The van der Waals surface area contributed by atoms with Crippen molar-refractivity contribution in [3.05, 3.63) is 0 Å². The Bertz CT molecular complexity index is 428. The number of esters is 1. The maximum atomic E-state index is 12.6. The summed E-state index contributed by atoms with van der Waals surface area (Å²) in [5.74, 6) is 0.00236. The smallest absolute Gasteiger partial charge is 0.329 e. The Morgan fingerprint density at radius 2 is 1.82 bits per heavy atom. The van der Waals surface area contributed by atoms with E-state index in [1.54, 1.807) is 11.8 Å². The largest absolute Gasteiger partial charge is 0.458 e. The summed E-state index contributed by atoms with van der Waals surface area (Å²) in [7, 11) is 0. The SMILES string of the molecule is C[C@H](N)C(=O)N1[C@H](C(=O)OC(C)(C)C)C[C@H]2CCCCC[C@@H]21. The van der Waals surface area contributed by atoms with Gasteiger partial charge < -0.3 is 15.4 Å². The third-order valence-corrected chi connectivity index (χ3v) is 4.66. The van der Waals surface area contributed by atoms with Crippen LogP contribution in [-0.4, -0.2) is 40.5 Å². The fourth-order valence-corrected chi connectivity index (χ4v) is 3.77. The summed E-state index contributed by atoms with van der Waals surface area (Å²) in [6, 6.07) is -0.892. The Labute approximate surface area is 133 Å². The Kier molecular flexibility index (Phi) is 5.15. The Hall–Kier alpha value is -1.10. The highest BCUT2D eigenvalue weighted by Gasteiger charge is 2.48. The van der Waals surface area contributed by atoms with Gasteiger partial charge in [0, 0.05) is 6.04 Å². The van der Waals surface area contributed by atoms with Gasteiger partial charge in [0.1, 0.15) is 11.6 Å². The number of carbonyl (C=O) groups is 2. The number of ether oxygens (including phenoxy) is 1. The van der Waals surface area contributed by atoms with Gasteiger partial charge in [-0.05, 0) is 52.9 Å². The van der Waals surface area contributed by atoms with Gasteiger partial charge >= 0.3 is 5.97 Å². The third kappa shape index (κ3) is 3.80. The molecule has 126 valence electrons. The molecule has 0 aromatic carbocycles. The van der Waals surface area contributed by atoms with Crippen LogP contribution in [0.3, 0.4) is 0 Å². The van der Waals surface area contributed by atoms with Crippen LogP contribution in [0.5, 0.6) is 0 Å². The summed E-state index contributed by atoms with van der Waals surface area (Å²) >= 11 is 0. The van der Waals surface area contributed by atoms with E-state index in [0.29, 0.717) is 5.92 Å². The molecule has 0 bridgehead atoms. The summed E-state index contributed by atoms with van der Waals surface area (Å²) in [4.78, 5) is 26.9. The van der Waals surface area contributed by atoms with Crippen LogP contribution in [0.4, 0.5) is 0 Å². The summed E-state index contributed by atoms with van der Waals surface area (Å²) in [5.41, 5.74) is 5.29. The Morgan fingerprint density at radius 3 is 2.41 bits per heavy atom. The van der Waals surface area contributed by atoms with Gasteiger partial charge in [-0.25, -0.2) is 4.79 Å². The van der Waals surface area contributed by atoms with E-state index in [0.717, 1.165) is 25.7 Å². The van der Waals surface area contributed by atoms with Crippen LogP contribution in [-0.2, 0) is 14.3 Å². The van der Waals surface area contributed by atoms with Crippen molar-refractivity contribution in [2.75, 3.05) is 0 Å². The summed E-state index contributed by atoms with van der Waals surface area (Å²) < 4.78 is 5.55. The lowest BCUT2D eigenvalue weighted by Crippen LogP contribution is -2.52. The first kappa shape index (κ1) is 17.3. The van der Waals surface area contributed by atoms with Gasteiger partial charge in [-0.3, -0.25) is 4.79 Å². The third-order valence-electron chi connectivity index (χ3n) is 4.66. The lowest BCUT2D eigenvalue weighted by atomic mass is 9.94. The van der Waals surface area contributed by atoms with Gasteiger partial charge in [0.05, 0.1) is 6.04 Å². The fourth-order valence-electron chi connectivity index (χ4n) is 3.77. The summed E-state index contributed by atoms with van der Waals surface area (Å²) in [5, 5.41) is 0. The van der Waals surface area contributed by atoms with E-state index in [1.165, 1.54) is 12.8 Å². The highest BCUT2D eigenvalue weighted by Crippen LogP contribution is 2.39. The van der Waals surface area contributed by atoms with E-state index in [9.17, 15) is 9.59 Å². The molecule has 1 aliphatic carbocycles. The zero-order valence-corrected chi connectivity index (χ0v) is 14.3. The Balaban J connectivity index is 2.23. The predicted molar refractivity (Wildman–Crippen MR) is 85.1 cm³/mol. The van der Waals surface area contributed by atoms with Crippen molar-refractivity contribution in [2.24, 2.45) is 11.7 Å². The summed E-state index contributed by atoms with van der Waals surface area (Å²) in [6.07, 6.45) is 6.30. The Morgan fingerprint density at radius 1 is 1.18 bits per heavy atom. The van der Waals surface area contributed by atoms with E-state index in [2.05, 4.69) is 0 Å². The zero-order valence-electron chi connectivity index (χ0n) is 14.3. The second kappa shape index (κ2) is 6.57. The molecule has 4 atom stereocenters. The van der Waals surface area contributed by atoms with Crippen LogP contribution >= 0.6 is 0 Å². The average molecular weight is 310 g/mol. The molecule has 2 rings (SSSR count). The van der Waals surface area contributed by atoms with Crippen molar-refractivity contribution in [3.63, 3.8) is 0 Å². The maximum Gasteiger partial charge on any atom is 0.329 e. The quantitative estimate of drug-likeness (QED) is 0.794. The number of fused-ring (bicyclic) bond motifs is 1. The molecule has 1 aliphatic heterocycles. The molecule has 1 saturated carbocycles. The number of likely N-dealkylation sites (tertiary alicyclic amines) is 1. The number of amides is 1. The van der Waals surface area contributed by atoms with E-state index >= 15 is 0 Å². The van der Waals surface area contributed by atoms with E-state index < -0.39 is 17.7 Å². The van der Waals surface area contributed by atoms with Crippen molar-refractivity contribution in [3.8, 4) is 0 Å². The van der Waals surface area contributed by atoms with Crippen molar-refractivity contribution in [1.82, 2.24) is 4.90 Å². The maximum absolute atomic E-state index is 12.6. The molecule has 2 fully saturated rings. The minimum absolute atomic E-state index is 0.120. The van der Waals surface area contributed by atoms with Gasteiger partial charge in [-0.1, -0.05) is 19.3 Å². The predicted octanol–water partition coefficient (Wildman–Crippen LogP) is 2.23. The van der Waals surface area contributed by atoms with E-state index in [1.807, 2.05) is 20.8 Å². The first-order chi connectivity index (χ1) is 10.2. The van der Waals surface area contributed by atoms with Gasteiger partial charge in [-0.2, -0.15) is 0 Å². The molecule has 2 aliphatic rings. The van der Waals surface area contributed by atoms with Gasteiger partial charge in [0.15, 0.2) is 0 Å². The highest BCUT2D eigenvalue weighted by molar-refractivity contribution is 5.88. The van der Waals surface area contributed by atoms with Gasteiger partial charge in [0.25, 0.3) is 0 Å². The van der Waals surface area contributed by atoms with Crippen molar-refractivity contribution in [2.45, 2.75) is 89.9 Å². The van der Waals surface area contributed by atoms with Crippen LogP contribution in [0.15, 0.2) is 0 Å². The van der Waals surface area contributed by atoms with Crippen LogP contribution in [0.25, 0.3) is 0 Å². The topological polar surface area (TPSA) is 72.6 Å². The molecule has 2 N–H and O–H groups in total. The van der Waals surface area contributed by atoms with Crippen molar-refractivity contribution >= 4 is 11.9 Å². The molecular formula is C17H30N2O3. The molecule has 0 aromatic rings. The number of carbonyl (C=O) groups excluding carboxylic acids is 2. The van der Waals surface area contributed by atoms with Crippen LogP contribution < -0.4 is 5.73 Å². The van der Waals surface area contributed by atoms with E-state index in [-0.39, 0.29) is 17.9 Å². The normalized spacial score (nSPS) is 30.4. The minimum Gasteiger partial charge on any atom is -0.458 e. The number of rotatable bonds is 2. The second-order valence-corrected chi connectivity index (χ2v) is 7.78. The minimum atomic E-state index is -0.577. The molecule has 5 heteroatoms. The van der Waals surface area contributed by atoms with Gasteiger partial charge in [0.2, 0.25) is 5.91 Å². The monoisotopic (exact) mass is 310 g/mol. The molecule has 1 amide bonds. The highest BCUT2D eigenvalue weighted by atomic mass is 16.6.